The van der Waals surface area contributed by atoms with Crippen molar-refractivity contribution < 1.29 is 0 Å². The van der Waals surface area contributed by atoms with Crippen molar-refractivity contribution in [1.29, 1.82) is 0 Å². The molecule has 0 radical (unpaired) electrons. The van der Waals surface area contributed by atoms with Crippen LogP contribution in [0.4, 0.5) is 0 Å². The second kappa shape index (κ2) is 7.79. The molecule has 0 saturated heterocycles. The highest BCUT2D eigenvalue weighted by atomic mass is 35.5. The smallest absolute Gasteiger partial charge is 0.0638 e. The highest BCUT2D eigenvalue weighted by molar-refractivity contribution is 5.85. The van der Waals surface area contributed by atoms with Gasteiger partial charge in [0.15, 0.2) is 0 Å². The summed E-state index contributed by atoms with van der Waals surface area (Å²) in [6, 6.07) is 0.625. The number of aromatic nitrogens is 4. The molecule has 0 unspecified atom stereocenters. The first-order chi connectivity index (χ1) is 10.3. The van der Waals surface area contributed by atoms with Crippen molar-refractivity contribution in [2.45, 2.75) is 65.2 Å². The Morgan fingerprint density at radius 1 is 1.23 bits per heavy atom. The summed E-state index contributed by atoms with van der Waals surface area (Å²) < 4.78 is 4.15. The number of hydrogen-bond acceptors (Lipinski definition) is 3. The molecule has 3 rings (SSSR count). The number of nitrogens with one attached hydrogen (secondary N) is 1. The van der Waals surface area contributed by atoms with E-state index >= 15 is 0 Å². The minimum absolute atomic E-state index is 0. The summed E-state index contributed by atoms with van der Waals surface area (Å²) >= 11 is 0. The van der Waals surface area contributed by atoms with Crippen LogP contribution in [0.2, 0.25) is 0 Å². The SMILES string of the molecule is CCn1cc(CNCc2cn(C3CCCC3)nc2C)cn1.Cl. The van der Waals surface area contributed by atoms with E-state index < -0.39 is 0 Å². The molecule has 0 aliphatic heterocycles. The molecule has 1 N–H and O–H groups in total. The summed E-state index contributed by atoms with van der Waals surface area (Å²) in [5.41, 5.74) is 3.70. The van der Waals surface area contributed by atoms with E-state index in [-0.39, 0.29) is 12.4 Å². The molecule has 0 amide bonds. The predicted molar refractivity (Wildman–Crippen MR) is 90.2 cm³/mol. The van der Waals surface area contributed by atoms with Crippen LogP contribution in [0.3, 0.4) is 0 Å². The monoisotopic (exact) mass is 323 g/mol. The number of rotatable bonds is 6. The van der Waals surface area contributed by atoms with Gasteiger partial charge in [0.2, 0.25) is 0 Å². The van der Waals surface area contributed by atoms with Gasteiger partial charge in [-0.1, -0.05) is 12.8 Å². The van der Waals surface area contributed by atoms with Gasteiger partial charge in [0.25, 0.3) is 0 Å². The van der Waals surface area contributed by atoms with E-state index in [2.05, 4.69) is 41.3 Å². The lowest BCUT2D eigenvalue weighted by Crippen LogP contribution is -2.12. The molecule has 1 aliphatic rings. The maximum Gasteiger partial charge on any atom is 0.0638 e. The van der Waals surface area contributed by atoms with Crippen LogP contribution in [0.15, 0.2) is 18.6 Å². The van der Waals surface area contributed by atoms with Gasteiger partial charge in [-0.3, -0.25) is 9.36 Å². The molecule has 2 aromatic heterocycles. The first-order valence-electron chi connectivity index (χ1n) is 8.03. The lowest BCUT2D eigenvalue weighted by Gasteiger charge is -2.08. The number of nitrogens with zero attached hydrogens (tertiary/aromatic N) is 4. The Labute approximate surface area is 138 Å². The second-order valence-corrected chi connectivity index (χ2v) is 5.97. The zero-order valence-corrected chi connectivity index (χ0v) is 14.3. The van der Waals surface area contributed by atoms with Crippen LogP contribution in [-0.4, -0.2) is 19.6 Å². The van der Waals surface area contributed by atoms with Crippen LogP contribution in [0.5, 0.6) is 0 Å². The topological polar surface area (TPSA) is 47.7 Å². The van der Waals surface area contributed by atoms with Crippen molar-refractivity contribution in [3.05, 3.63) is 35.4 Å². The summed E-state index contributed by atoms with van der Waals surface area (Å²) in [6.07, 6.45) is 11.5. The zero-order chi connectivity index (χ0) is 14.7. The molecule has 2 heterocycles. The van der Waals surface area contributed by atoms with Crippen molar-refractivity contribution in [2.75, 3.05) is 0 Å². The van der Waals surface area contributed by atoms with Crippen molar-refractivity contribution in [3.63, 3.8) is 0 Å². The summed E-state index contributed by atoms with van der Waals surface area (Å²) in [7, 11) is 0. The lowest BCUT2D eigenvalue weighted by atomic mass is 10.2. The largest absolute Gasteiger partial charge is 0.308 e. The Balaban J connectivity index is 0.00000176. The van der Waals surface area contributed by atoms with Gasteiger partial charge in [0.05, 0.1) is 17.9 Å². The number of hydrogen-bond donors (Lipinski definition) is 1. The van der Waals surface area contributed by atoms with Gasteiger partial charge in [0.1, 0.15) is 0 Å². The fraction of sp³-hybridized carbons (Fsp3) is 0.625. The molecule has 0 bridgehead atoms. The van der Waals surface area contributed by atoms with E-state index in [0.29, 0.717) is 6.04 Å². The van der Waals surface area contributed by atoms with Crippen molar-refractivity contribution in [1.82, 2.24) is 24.9 Å². The summed E-state index contributed by atoms with van der Waals surface area (Å²) in [4.78, 5) is 0. The molecule has 6 heteroatoms. The van der Waals surface area contributed by atoms with Gasteiger partial charge < -0.3 is 5.32 Å². The third kappa shape index (κ3) is 3.90. The Kier molecular flexibility index (Phi) is 6.03. The molecule has 22 heavy (non-hydrogen) atoms. The summed E-state index contributed by atoms with van der Waals surface area (Å²) in [6.45, 7) is 6.86. The van der Waals surface area contributed by atoms with E-state index in [1.54, 1.807) is 0 Å². The molecular formula is C16H26ClN5. The van der Waals surface area contributed by atoms with Gasteiger partial charge >= 0.3 is 0 Å². The van der Waals surface area contributed by atoms with Gasteiger partial charge in [-0.2, -0.15) is 10.2 Å². The molecule has 0 aromatic carbocycles. The molecule has 1 saturated carbocycles. The highest BCUT2D eigenvalue weighted by Gasteiger charge is 2.18. The molecule has 5 nitrogen and oxygen atoms in total. The van der Waals surface area contributed by atoms with Crippen LogP contribution in [-0.2, 0) is 19.6 Å². The zero-order valence-electron chi connectivity index (χ0n) is 13.5. The summed E-state index contributed by atoms with van der Waals surface area (Å²) in [5, 5.41) is 12.5. The fourth-order valence-electron chi connectivity index (χ4n) is 3.06. The quantitative estimate of drug-likeness (QED) is 0.887. The average molecular weight is 324 g/mol. The van der Waals surface area contributed by atoms with Gasteiger partial charge in [0, 0.05) is 43.2 Å². The van der Waals surface area contributed by atoms with Crippen molar-refractivity contribution in [2.24, 2.45) is 0 Å². The lowest BCUT2D eigenvalue weighted by molar-refractivity contribution is 0.464. The molecule has 0 atom stereocenters. The van der Waals surface area contributed by atoms with Crippen molar-refractivity contribution >= 4 is 12.4 Å². The summed E-state index contributed by atoms with van der Waals surface area (Å²) in [5.74, 6) is 0. The van der Waals surface area contributed by atoms with E-state index in [4.69, 9.17) is 5.10 Å². The molecular weight excluding hydrogens is 298 g/mol. The van der Waals surface area contributed by atoms with E-state index in [1.807, 2.05) is 10.9 Å². The minimum Gasteiger partial charge on any atom is -0.308 e. The number of halogens is 1. The van der Waals surface area contributed by atoms with E-state index in [0.717, 1.165) is 25.3 Å². The Bertz CT molecular complexity index is 583. The third-order valence-corrected chi connectivity index (χ3v) is 4.37. The number of aryl methyl sites for hydroxylation is 2. The first-order valence-corrected chi connectivity index (χ1v) is 8.03. The molecule has 2 aromatic rings. The maximum atomic E-state index is 4.70. The van der Waals surface area contributed by atoms with Crippen LogP contribution in [0, 0.1) is 6.92 Å². The third-order valence-electron chi connectivity index (χ3n) is 4.37. The van der Waals surface area contributed by atoms with E-state index in [1.165, 1.54) is 36.8 Å². The molecule has 1 fully saturated rings. The fourth-order valence-corrected chi connectivity index (χ4v) is 3.06. The second-order valence-electron chi connectivity index (χ2n) is 5.97. The predicted octanol–water partition coefficient (Wildman–Crippen LogP) is 3.23. The Hall–Kier alpha value is -1.33. The van der Waals surface area contributed by atoms with Gasteiger partial charge in [-0.25, -0.2) is 0 Å². The molecule has 1 aliphatic carbocycles. The van der Waals surface area contributed by atoms with Crippen LogP contribution in [0.25, 0.3) is 0 Å². The van der Waals surface area contributed by atoms with Crippen LogP contribution in [0.1, 0.15) is 55.5 Å². The first kappa shape index (κ1) is 17.0. The van der Waals surface area contributed by atoms with Gasteiger partial charge in [-0.15, -0.1) is 12.4 Å². The van der Waals surface area contributed by atoms with Gasteiger partial charge in [-0.05, 0) is 26.7 Å². The highest BCUT2D eigenvalue weighted by Crippen LogP contribution is 2.29. The van der Waals surface area contributed by atoms with E-state index in [9.17, 15) is 0 Å². The van der Waals surface area contributed by atoms with Crippen LogP contribution >= 0.6 is 12.4 Å². The Morgan fingerprint density at radius 2 is 2.00 bits per heavy atom. The minimum atomic E-state index is 0. The maximum absolute atomic E-state index is 4.70. The molecule has 0 spiro atoms. The van der Waals surface area contributed by atoms with Crippen LogP contribution < -0.4 is 5.32 Å². The average Bonchev–Trinajstić information content (AvgIpc) is 3.20. The standard InChI is InChI=1S/C16H25N5.ClH/c1-3-20-11-14(9-18-20)8-17-10-15-12-21(19-13(15)2)16-6-4-5-7-16;/h9,11-12,16-17H,3-8,10H2,1-2H3;1H. The normalized spacial score (nSPS) is 15.2. The molecule has 122 valence electrons. The van der Waals surface area contributed by atoms with Crippen molar-refractivity contribution in [3.8, 4) is 0 Å². The Morgan fingerprint density at radius 3 is 2.68 bits per heavy atom.